The maximum Gasteiger partial charge on any atom is 0.227 e. The molecule has 1 heterocycles. The summed E-state index contributed by atoms with van der Waals surface area (Å²) in [4.78, 5) is 14.7. The molecule has 1 saturated heterocycles. The van der Waals surface area contributed by atoms with Crippen molar-refractivity contribution in [3.05, 3.63) is 18.1 Å². The smallest absolute Gasteiger partial charge is 0.227 e. The first-order valence-electron chi connectivity index (χ1n) is 15.4. The summed E-state index contributed by atoms with van der Waals surface area (Å²) >= 11 is 0. The zero-order valence-corrected chi connectivity index (χ0v) is 25.4. The number of ether oxygens (including phenoxy) is 1. The van der Waals surface area contributed by atoms with Gasteiger partial charge < -0.3 is 19.8 Å². The van der Waals surface area contributed by atoms with Crippen molar-refractivity contribution in [2.45, 2.75) is 119 Å². The standard InChI is InChI=1S/C33H52NO4/c1-19-16-20(17-34(9)27(37)28(2,3)4)38-25-24(19)30(7)14-15-33-18-32(33)13-12-23(35)29(5,6)21(32)10-11-22(33)31(30,8)26(25)36/h19,21,23-24,26,35-36H,10-18H2,1-9H3/t19-,21+,23?,24+,26+,30-,31-,32-,33+/m1/s1. The highest BCUT2D eigenvalue weighted by Crippen LogP contribution is 2.90. The van der Waals surface area contributed by atoms with Crippen LogP contribution in [-0.4, -0.2) is 46.8 Å². The Kier molecular flexibility index (Phi) is 5.79. The second-order valence-electron chi connectivity index (χ2n) is 16.5. The number of rotatable bonds is 2. The van der Waals surface area contributed by atoms with E-state index in [1.165, 1.54) is 12.8 Å². The number of carbonyl (C=O) groups is 1. The first-order valence-corrected chi connectivity index (χ1v) is 15.4. The van der Waals surface area contributed by atoms with Crippen molar-refractivity contribution >= 4 is 5.91 Å². The number of aliphatic hydroxyl groups excluding tert-OH is 2. The highest BCUT2D eigenvalue weighted by atomic mass is 16.5. The van der Waals surface area contributed by atoms with E-state index in [-0.39, 0.29) is 39.6 Å². The molecule has 2 spiro atoms. The SMILES string of the molecule is C[C@@H]1C[C](CN(C)C(=O)C(C)(C)C)O[C]2[C@H]1[C@@]1(C)CC[C@@]34C[C@@]35CCC(O)C(C)(C)[C@@H]5CC[C]4[C@]1(C)[C@H]2O. The molecule has 5 aliphatic carbocycles. The molecule has 2 N–H and O–H groups in total. The molecule has 6 rings (SSSR count). The Balaban J connectivity index is 1.29. The minimum absolute atomic E-state index is 0.0271. The number of aliphatic hydroxyl groups is 2. The highest BCUT2D eigenvalue weighted by molar-refractivity contribution is 5.81. The summed E-state index contributed by atoms with van der Waals surface area (Å²) in [6.45, 7) is 18.1. The van der Waals surface area contributed by atoms with Gasteiger partial charge in [-0.05, 0) is 90.8 Å². The maximum absolute atomic E-state index is 12.9. The number of nitrogens with zero attached hydrogens (tertiary/aromatic N) is 1. The fraction of sp³-hybridized carbons (Fsp3) is 0.879. The fourth-order valence-corrected chi connectivity index (χ4v) is 11.5. The van der Waals surface area contributed by atoms with Crippen molar-refractivity contribution in [2.75, 3.05) is 13.6 Å². The van der Waals surface area contributed by atoms with Crippen molar-refractivity contribution in [3.63, 3.8) is 0 Å². The summed E-state index contributed by atoms with van der Waals surface area (Å²) in [6, 6.07) is 0. The van der Waals surface area contributed by atoms with Crippen molar-refractivity contribution < 1.29 is 19.7 Å². The van der Waals surface area contributed by atoms with Crippen molar-refractivity contribution in [2.24, 2.45) is 50.2 Å². The van der Waals surface area contributed by atoms with Gasteiger partial charge in [0.05, 0.1) is 18.8 Å². The monoisotopic (exact) mass is 526 g/mol. The predicted octanol–water partition coefficient (Wildman–Crippen LogP) is 5.95. The minimum atomic E-state index is -0.609. The van der Waals surface area contributed by atoms with Gasteiger partial charge in [-0.2, -0.15) is 0 Å². The van der Waals surface area contributed by atoms with Gasteiger partial charge in [0.15, 0.2) is 0 Å². The molecule has 38 heavy (non-hydrogen) atoms. The van der Waals surface area contributed by atoms with Crippen LogP contribution >= 0.6 is 0 Å². The zero-order valence-electron chi connectivity index (χ0n) is 25.4. The molecule has 0 aromatic rings. The lowest BCUT2D eigenvalue weighted by molar-refractivity contribution is -0.139. The van der Waals surface area contributed by atoms with E-state index < -0.39 is 11.5 Å². The van der Waals surface area contributed by atoms with E-state index in [9.17, 15) is 15.0 Å². The van der Waals surface area contributed by atoms with Crippen molar-refractivity contribution in [1.82, 2.24) is 4.90 Å². The quantitative estimate of drug-likeness (QED) is 0.466. The number of hydrogen-bond acceptors (Lipinski definition) is 4. The molecule has 6 fully saturated rings. The summed E-state index contributed by atoms with van der Waals surface area (Å²) in [7, 11) is 1.87. The lowest BCUT2D eigenvalue weighted by atomic mass is 9.41. The van der Waals surface area contributed by atoms with Crippen LogP contribution < -0.4 is 0 Å². The Morgan fingerprint density at radius 2 is 1.76 bits per heavy atom. The van der Waals surface area contributed by atoms with Crippen LogP contribution in [0.5, 0.6) is 0 Å². The third-order valence-corrected chi connectivity index (χ3v) is 13.5. The second-order valence-corrected chi connectivity index (χ2v) is 16.5. The van der Waals surface area contributed by atoms with Crippen LogP contribution in [0.15, 0.2) is 0 Å². The first kappa shape index (κ1) is 27.5. The molecule has 5 heteroatoms. The van der Waals surface area contributed by atoms with Crippen LogP contribution in [0.1, 0.15) is 107 Å². The third kappa shape index (κ3) is 3.13. The Hall–Kier alpha value is -0.650. The Morgan fingerprint density at radius 3 is 2.42 bits per heavy atom. The van der Waals surface area contributed by atoms with Gasteiger partial charge in [-0.3, -0.25) is 4.79 Å². The second kappa shape index (κ2) is 8.00. The molecule has 9 atom stereocenters. The number of hydrogen-bond donors (Lipinski definition) is 2. The van der Waals surface area contributed by atoms with Gasteiger partial charge in [0, 0.05) is 23.8 Å². The summed E-state index contributed by atoms with van der Waals surface area (Å²) in [5.74, 6) is 2.92. The molecular weight excluding hydrogens is 474 g/mol. The van der Waals surface area contributed by atoms with Crippen LogP contribution in [0.3, 0.4) is 0 Å². The number of likely N-dealkylation sites (N-methyl/N-ethyl adjacent to an activating group) is 1. The van der Waals surface area contributed by atoms with E-state index >= 15 is 0 Å². The predicted molar refractivity (Wildman–Crippen MR) is 148 cm³/mol. The van der Waals surface area contributed by atoms with Gasteiger partial charge >= 0.3 is 0 Å². The van der Waals surface area contributed by atoms with Crippen molar-refractivity contribution in [3.8, 4) is 0 Å². The lowest BCUT2D eigenvalue weighted by Gasteiger charge is -2.63. The van der Waals surface area contributed by atoms with E-state index in [1.54, 1.807) is 10.8 Å². The molecule has 1 unspecified atom stereocenters. The minimum Gasteiger partial charge on any atom is -0.393 e. The molecule has 213 valence electrons. The lowest BCUT2D eigenvalue weighted by Crippen LogP contribution is -2.58. The number of fused-ring (bicyclic) bond motifs is 4. The van der Waals surface area contributed by atoms with Crippen LogP contribution in [0.2, 0.25) is 0 Å². The molecule has 1 aliphatic heterocycles. The van der Waals surface area contributed by atoms with Gasteiger partial charge in [-0.1, -0.05) is 55.4 Å². The van der Waals surface area contributed by atoms with Gasteiger partial charge in [0.25, 0.3) is 0 Å². The van der Waals surface area contributed by atoms with Gasteiger partial charge in [0.1, 0.15) is 12.2 Å². The van der Waals surface area contributed by atoms with Crippen LogP contribution in [0, 0.1) is 68.4 Å². The summed E-state index contributed by atoms with van der Waals surface area (Å²) in [5.41, 5.74) is -0.249. The van der Waals surface area contributed by atoms with Gasteiger partial charge in [-0.25, -0.2) is 0 Å². The molecule has 6 aliphatic rings. The third-order valence-electron chi connectivity index (χ3n) is 13.5. The van der Waals surface area contributed by atoms with E-state index in [2.05, 4.69) is 34.6 Å². The van der Waals surface area contributed by atoms with Crippen molar-refractivity contribution in [1.29, 1.82) is 0 Å². The van der Waals surface area contributed by atoms with E-state index in [0.29, 0.717) is 23.8 Å². The maximum atomic E-state index is 12.9. The fourth-order valence-electron chi connectivity index (χ4n) is 11.5. The Morgan fingerprint density at radius 1 is 1.08 bits per heavy atom. The largest absolute Gasteiger partial charge is 0.393 e. The molecule has 5 nitrogen and oxygen atoms in total. The number of carbonyl (C=O) groups excluding carboxylic acids is 1. The van der Waals surface area contributed by atoms with Crippen LogP contribution in [0.25, 0.3) is 0 Å². The van der Waals surface area contributed by atoms with E-state index in [1.807, 2.05) is 27.8 Å². The summed E-state index contributed by atoms with van der Waals surface area (Å²) in [6.07, 6.45) is 9.67. The van der Waals surface area contributed by atoms with Crippen LogP contribution in [-0.2, 0) is 9.53 Å². The molecule has 3 radical (unpaired) electrons. The topological polar surface area (TPSA) is 70.0 Å². The Bertz CT molecular complexity index is 1000. The molecule has 1 amide bonds. The van der Waals surface area contributed by atoms with Crippen LogP contribution in [0.4, 0.5) is 0 Å². The molecule has 0 aromatic heterocycles. The van der Waals surface area contributed by atoms with E-state index in [4.69, 9.17) is 4.74 Å². The first-order chi connectivity index (χ1) is 17.5. The molecule has 0 bridgehead atoms. The summed E-state index contributed by atoms with van der Waals surface area (Å²) in [5, 5.41) is 23.2. The molecule has 0 aromatic carbocycles. The number of amides is 1. The molecule has 5 saturated carbocycles. The normalized spacial score (nSPS) is 50.3. The zero-order chi connectivity index (χ0) is 27.8. The summed E-state index contributed by atoms with van der Waals surface area (Å²) < 4.78 is 6.67. The van der Waals surface area contributed by atoms with E-state index in [0.717, 1.165) is 50.7 Å². The highest BCUT2D eigenvalue weighted by Gasteiger charge is 2.85. The Labute approximate surface area is 231 Å². The van der Waals surface area contributed by atoms with Gasteiger partial charge in [0.2, 0.25) is 5.91 Å². The average molecular weight is 527 g/mol. The average Bonchev–Trinajstić information content (AvgIpc) is 3.45. The molecular formula is C33H52NO4. The van der Waals surface area contributed by atoms with Gasteiger partial charge in [-0.15, -0.1) is 0 Å².